The highest BCUT2D eigenvalue weighted by Crippen LogP contribution is 2.25. The fourth-order valence-electron chi connectivity index (χ4n) is 2.39. The van der Waals surface area contributed by atoms with Crippen LogP contribution in [0.2, 0.25) is 0 Å². The fraction of sp³-hybridized carbons (Fsp3) is 0.333. The van der Waals surface area contributed by atoms with Crippen LogP contribution >= 0.6 is 11.3 Å². The first-order chi connectivity index (χ1) is 10.2. The van der Waals surface area contributed by atoms with Crippen LogP contribution < -0.4 is 5.32 Å². The Morgan fingerprint density at radius 1 is 1.29 bits per heavy atom. The molecule has 3 rings (SSSR count). The molecule has 0 atom stereocenters. The predicted molar refractivity (Wildman–Crippen MR) is 81.8 cm³/mol. The van der Waals surface area contributed by atoms with Crippen molar-refractivity contribution in [3.63, 3.8) is 0 Å². The van der Waals surface area contributed by atoms with Crippen molar-refractivity contribution in [2.45, 2.75) is 12.8 Å². The molecule has 1 N–H and O–H groups in total. The van der Waals surface area contributed by atoms with Crippen LogP contribution in [0.25, 0.3) is 11.3 Å². The molecule has 0 saturated carbocycles. The van der Waals surface area contributed by atoms with Gasteiger partial charge in [-0.25, -0.2) is 9.37 Å². The Kier molecular flexibility index (Phi) is 4.26. The lowest BCUT2D eigenvalue weighted by atomic mass is 10.2. The van der Waals surface area contributed by atoms with Crippen molar-refractivity contribution in [3.8, 4) is 11.3 Å². The monoisotopic (exact) mass is 305 g/mol. The lowest BCUT2D eigenvalue weighted by Crippen LogP contribution is -2.30. The maximum absolute atomic E-state index is 12.9. The van der Waals surface area contributed by atoms with E-state index in [1.54, 1.807) is 12.1 Å². The third-order valence-corrected chi connectivity index (χ3v) is 4.21. The molecule has 0 bridgehead atoms. The molecule has 21 heavy (non-hydrogen) atoms. The SMILES string of the molecule is O=C(CN1CCCC1)Nc1nc(-c2ccc(F)cc2)cs1. The molecular weight excluding hydrogens is 289 g/mol. The van der Waals surface area contributed by atoms with E-state index >= 15 is 0 Å². The van der Waals surface area contributed by atoms with Gasteiger partial charge in [0.25, 0.3) is 0 Å². The summed E-state index contributed by atoms with van der Waals surface area (Å²) in [6.45, 7) is 2.41. The van der Waals surface area contributed by atoms with Gasteiger partial charge in [0.15, 0.2) is 5.13 Å². The minimum Gasteiger partial charge on any atom is -0.301 e. The average Bonchev–Trinajstić information content (AvgIpc) is 3.11. The second kappa shape index (κ2) is 6.32. The topological polar surface area (TPSA) is 45.2 Å². The van der Waals surface area contributed by atoms with Crippen molar-refractivity contribution >= 4 is 22.4 Å². The summed E-state index contributed by atoms with van der Waals surface area (Å²) in [5, 5.41) is 5.26. The number of anilines is 1. The number of carbonyl (C=O) groups excluding carboxylic acids is 1. The van der Waals surface area contributed by atoms with Crippen molar-refractivity contribution in [3.05, 3.63) is 35.5 Å². The summed E-state index contributed by atoms with van der Waals surface area (Å²) in [7, 11) is 0. The number of nitrogens with one attached hydrogen (secondary N) is 1. The third kappa shape index (κ3) is 3.65. The third-order valence-electron chi connectivity index (χ3n) is 3.46. The predicted octanol–water partition coefficient (Wildman–Crippen LogP) is 2.98. The quantitative estimate of drug-likeness (QED) is 0.944. The van der Waals surface area contributed by atoms with Crippen LogP contribution in [0.3, 0.4) is 0 Å². The molecule has 0 radical (unpaired) electrons. The summed E-state index contributed by atoms with van der Waals surface area (Å²) in [5.74, 6) is -0.301. The second-order valence-electron chi connectivity index (χ2n) is 5.08. The van der Waals surface area contributed by atoms with Crippen LogP contribution in [0, 0.1) is 5.82 Å². The number of likely N-dealkylation sites (tertiary alicyclic amines) is 1. The second-order valence-corrected chi connectivity index (χ2v) is 5.93. The molecule has 1 saturated heterocycles. The van der Waals surface area contributed by atoms with Crippen molar-refractivity contribution < 1.29 is 9.18 Å². The fourth-order valence-corrected chi connectivity index (χ4v) is 3.12. The van der Waals surface area contributed by atoms with Gasteiger partial charge in [-0.15, -0.1) is 11.3 Å². The van der Waals surface area contributed by atoms with Crippen LogP contribution in [0.1, 0.15) is 12.8 Å². The van der Waals surface area contributed by atoms with E-state index in [0.717, 1.165) is 24.3 Å². The molecule has 0 unspecified atom stereocenters. The van der Waals surface area contributed by atoms with Crippen molar-refractivity contribution in [1.29, 1.82) is 0 Å². The van der Waals surface area contributed by atoms with Crippen molar-refractivity contribution in [2.75, 3.05) is 25.0 Å². The number of hydrogen-bond donors (Lipinski definition) is 1. The molecule has 1 aromatic heterocycles. The summed E-state index contributed by atoms with van der Waals surface area (Å²) in [5.41, 5.74) is 1.59. The number of rotatable bonds is 4. The summed E-state index contributed by atoms with van der Waals surface area (Å²) in [6, 6.07) is 6.17. The number of hydrogen-bond acceptors (Lipinski definition) is 4. The highest BCUT2D eigenvalue weighted by Gasteiger charge is 2.16. The number of carbonyl (C=O) groups is 1. The van der Waals surface area contributed by atoms with Gasteiger partial charge in [-0.05, 0) is 50.2 Å². The Labute approximate surface area is 126 Å². The Morgan fingerprint density at radius 3 is 2.71 bits per heavy atom. The minimum absolute atomic E-state index is 0.0306. The molecule has 110 valence electrons. The van der Waals surface area contributed by atoms with E-state index < -0.39 is 0 Å². The average molecular weight is 305 g/mol. The highest BCUT2D eigenvalue weighted by atomic mass is 32.1. The highest BCUT2D eigenvalue weighted by molar-refractivity contribution is 7.14. The Hall–Kier alpha value is -1.79. The first kappa shape index (κ1) is 14.2. The maximum atomic E-state index is 12.9. The number of aromatic nitrogens is 1. The van der Waals surface area contributed by atoms with E-state index in [1.807, 2.05) is 5.38 Å². The molecule has 0 aliphatic carbocycles. The van der Waals surface area contributed by atoms with Crippen LogP contribution in [-0.2, 0) is 4.79 Å². The normalized spacial score (nSPS) is 15.3. The number of halogens is 1. The molecule has 1 aromatic carbocycles. The Balaban J connectivity index is 1.61. The van der Waals surface area contributed by atoms with Crippen LogP contribution in [0.15, 0.2) is 29.6 Å². The smallest absolute Gasteiger partial charge is 0.240 e. The lowest BCUT2D eigenvalue weighted by Gasteiger charge is -2.12. The van der Waals surface area contributed by atoms with E-state index in [0.29, 0.717) is 11.7 Å². The molecule has 2 aromatic rings. The minimum atomic E-state index is -0.270. The number of benzene rings is 1. The molecule has 1 fully saturated rings. The van der Waals surface area contributed by atoms with E-state index in [9.17, 15) is 9.18 Å². The molecular formula is C15H16FN3OS. The maximum Gasteiger partial charge on any atom is 0.240 e. The Morgan fingerprint density at radius 2 is 2.00 bits per heavy atom. The number of nitrogens with zero attached hydrogens (tertiary/aromatic N) is 2. The van der Waals surface area contributed by atoms with Gasteiger partial charge in [0.1, 0.15) is 5.82 Å². The van der Waals surface area contributed by atoms with Gasteiger partial charge in [-0.3, -0.25) is 9.69 Å². The zero-order valence-electron chi connectivity index (χ0n) is 11.5. The van der Waals surface area contributed by atoms with Gasteiger partial charge < -0.3 is 5.32 Å². The van der Waals surface area contributed by atoms with E-state index in [-0.39, 0.29) is 11.7 Å². The lowest BCUT2D eigenvalue weighted by molar-refractivity contribution is -0.117. The largest absolute Gasteiger partial charge is 0.301 e. The molecule has 6 heteroatoms. The van der Waals surface area contributed by atoms with Gasteiger partial charge in [0, 0.05) is 10.9 Å². The zero-order valence-corrected chi connectivity index (χ0v) is 12.3. The van der Waals surface area contributed by atoms with Crippen molar-refractivity contribution in [2.24, 2.45) is 0 Å². The molecule has 1 amide bonds. The summed E-state index contributed by atoms with van der Waals surface area (Å²) in [6.07, 6.45) is 2.33. The summed E-state index contributed by atoms with van der Waals surface area (Å²) in [4.78, 5) is 18.4. The first-order valence-electron chi connectivity index (χ1n) is 6.94. The van der Waals surface area contributed by atoms with E-state index in [1.165, 1.54) is 36.3 Å². The Bertz CT molecular complexity index is 620. The number of amides is 1. The molecule has 1 aliphatic rings. The number of thiazole rings is 1. The van der Waals surface area contributed by atoms with Crippen LogP contribution in [-0.4, -0.2) is 35.4 Å². The van der Waals surface area contributed by atoms with Gasteiger partial charge >= 0.3 is 0 Å². The molecule has 0 spiro atoms. The van der Waals surface area contributed by atoms with Gasteiger partial charge in [0.2, 0.25) is 5.91 Å². The van der Waals surface area contributed by atoms with Crippen LogP contribution in [0.4, 0.5) is 9.52 Å². The first-order valence-corrected chi connectivity index (χ1v) is 7.82. The standard InChI is InChI=1S/C15H16FN3OS/c16-12-5-3-11(4-6-12)13-10-21-15(17-13)18-14(20)9-19-7-1-2-8-19/h3-6,10H,1-2,7-9H2,(H,17,18,20). The van der Waals surface area contributed by atoms with E-state index in [2.05, 4.69) is 15.2 Å². The zero-order chi connectivity index (χ0) is 14.7. The van der Waals surface area contributed by atoms with Crippen LogP contribution in [0.5, 0.6) is 0 Å². The van der Waals surface area contributed by atoms with Gasteiger partial charge in [-0.2, -0.15) is 0 Å². The summed E-state index contributed by atoms with van der Waals surface area (Å²) >= 11 is 1.38. The van der Waals surface area contributed by atoms with E-state index in [4.69, 9.17) is 0 Å². The van der Waals surface area contributed by atoms with Gasteiger partial charge in [-0.1, -0.05) is 0 Å². The molecule has 1 aliphatic heterocycles. The van der Waals surface area contributed by atoms with Gasteiger partial charge in [0.05, 0.1) is 12.2 Å². The molecule has 2 heterocycles. The van der Waals surface area contributed by atoms with Crippen molar-refractivity contribution in [1.82, 2.24) is 9.88 Å². The summed E-state index contributed by atoms with van der Waals surface area (Å²) < 4.78 is 12.9. The molecule has 4 nitrogen and oxygen atoms in total.